The van der Waals surface area contributed by atoms with E-state index >= 15 is 0 Å². The molecule has 0 unspecified atom stereocenters. The first-order valence-electron chi connectivity index (χ1n) is 8.38. The van der Waals surface area contributed by atoms with E-state index in [1.807, 2.05) is 41.2 Å². The number of aromatic nitrogens is 2. The molecule has 2 aliphatic heterocycles. The molecule has 4 nitrogen and oxygen atoms in total. The van der Waals surface area contributed by atoms with Gasteiger partial charge in [-0.3, -0.25) is 19.5 Å². The molecule has 0 atom stereocenters. The SMILES string of the molecule is Cl.Cl.O=c1[nH]n(CCN2CC3CCC2CC3)cc1-c1ccccc1. The third-order valence-corrected chi connectivity index (χ3v) is 5.31. The molecular weight excluding hydrogens is 345 g/mol. The Morgan fingerprint density at radius 2 is 1.71 bits per heavy atom. The summed E-state index contributed by atoms with van der Waals surface area (Å²) in [6, 6.07) is 10.7. The predicted octanol–water partition coefficient (Wildman–Crippen LogP) is 3.56. The number of aromatic amines is 1. The van der Waals surface area contributed by atoms with Crippen LogP contribution in [0.15, 0.2) is 41.3 Å². The highest BCUT2D eigenvalue weighted by molar-refractivity contribution is 5.85. The lowest BCUT2D eigenvalue weighted by molar-refractivity contribution is 0.0456. The number of benzene rings is 1. The summed E-state index contributed by atoms with van der Waals surface area (Å²) in [5, 5.41) is 2.96. The molecule has 2 saturated heterocycles. The highest BCUT2D eigenvalue weighted by atomic mass is 35.5. The van der Waals surface area contributed by atoms with Gasteiger partial charge in [0, 0.05) is 25.3 Å². The van der Waals surface area contributed by atoms with Gasteiger partial charge in [0.1, 0.15) is 0 Å². The minimum absolute atomic E-state index is 0. The lowest BCUT2D eigenvalue weighted by Crippen LogP contribution is -2.48. The summed E-state index contributed by atoms with van der Waals surface area (Å²) in [5.74, 6) is 0.911. The van der Waals surface area contributed by atoms with Gasteiger partial charge in [0.05, 0.1) is 12.1 Å². The van der Waals surface area contributed by atoms with E-state index in [-0.39, 0.29) is 30.4 Å². The van der Waals surface area contributed by atoms with E-state index in [4.69, 9.17) is 0 Å². The predicted molar refractivity (Wildman–Crippen MR) is 102 cm³/mol. The summed E-state index contributed by atoms with van der Waals surface area (Å²) in [5.41, 5.74) is 1.76. The fourth-order valence-electron chi connectivity index (χ4n) is 4.06. The van der Waals surface area contributed by atoms with Crippen LogP contribution in [-0.4, -0.2) is 33.8 Å². The highest BCUT2D eigenvalue weighted by Crippen LogP contribution is 2.34. The molecule has 3 fully saturated rings. The number of nitrogens with zero attached hydrogens (tertiary/aromatic N) is 2. The minimum atomic E-state index is 0. The summed E-state index contributed by atoms with van der Waals surface area (Å²) >= 11 is 0. The van der Waals surface area contributed by atoms with Crippen molar-refractivity contribution in [1.82, 2.24) is 14.7 Å². The molecule has 1 aliphatic carbocycles. The first kappa shape index (κ1) is 19.1. The second kappa shape index (κ2) is 8.24. The normalized spacial score (nSPS) is 22.7. The molecule has 24 heavy (non-hydrogen) atoms. The largest absolute Gasteiger partial charge is 0.298 e. The van der Waals surface area contributed by atoms with Crippen molar-refractivity contribution in [1.29, 1.82) is 0 Å². The molecule has 3 heterocycles. The van der Waals surface area contributed by atoms with E-state index in [1.54, 1.807) is 0 Å². The zero-order valence-electron chi connectivity index (χ0n) is 13.7. The quantitative estimate of drug-likeness (QED) is 0.894. The Kier molecular flexibility index (Phi) is 6.55. The Morgan fingerprint density at radius 3 is 2.33 bits per heavy atom. The maximum atomic E-state index is 12.1. The van der Waals surface area contributed by atoms with E-state index in [2.05, 4.69) is 10.00 Å². The van der Waals surface area contributed by atoms with Crippen molar-refractivity contribution in [3.05, 3.63) is 46.9 Å². The van der Waals surface area contributed by atoms with Crippen LogP contribution in [0.4, 0.5) is 0 Å². The maximum Gasteiger partial charge on any atom is 0.271 e. The Labute approximate surface area is 155 Å². The monoisotopic (exact) mass is 369 g/mol. The van der Waals surface area contributed by atoms with Crippen molar-refractivity contribution >= 4 is 24.8 Å². The molecule has 0 amide bonds. The van der Waals surface area contributed by atoms with Crippen LogP contribution in [0.25, 0.3) is 11.1 Å². The number of H-pyrrole nitrogens is 1. The fraction of sp³-hybridized carbons (Fsp3) is 0.500. The molecule has 2 bridgehead atoms. The molecule has 1 aromatic heterocycles. The van der Waals surface area contributed by atoms with Gasteiger partial charge in [-0.2, -0.15) is 0 Å². The number of piperidine rings is 2. The molecule has 132 valence electrons. The second-order valence-corrected chi connectivity index (χ2v) is 6.71. The van der Waals surface area contributed by atoms with Crippen LogP contribution in [0.1, 0.15) is 25.7 Å². The third-order valence-electron chi connectivity index (χ3n) is 5.31. The first-order valence-corrected chi connectivity index (χ1v) is 8.38. The highest BCUT2D eigenvalue weighted by Gasteiger charge is 2.33. The van der Waals surface area contributed by atoms with E-state index in [9.17, 15) is 4.79 Å². The Balaban J connectivity index is 0.00000104. The van der Waals surface area contributed by atoms with Gasteiger partial charge >= 0.3 is 0 Å². The molecular formula is C18H25Cl2N3O. The smallest absolute Gasteiger partial charge is 0.271 e. The van der Waals surface area contributed by atoms with Gasteiger partial charge in [-0.05, 0) is 37.2 Å². The Hall–Kier alpha value is -1.23. The number of halogens is 2. The summed E-state index contributed by atoms with van der Waals surface area (Å²) < 4.78 is 1.95. The summed E-state index contributed by atoms with van der Waals surface area (Å²) in [6.07, 6.45) is 7.52. The van der Waals surface area contributed by atoms with Crippen LogP contribution < -0.4 is 5.56 Å². The molecule has 1 saturated carbocycles. The molecule has 3 aliphatic rings. The molecule has 1 aromatic carbocycles. The lowest BCUT2D eigenvalue weighted by atomic mass is 9.80. The van der Waals surface area contributed by atoms with Crippen molar-refractivity contribution in [2.24, 2.45) is 5.92 Å². The topological polar surface area (TPSA) is 41.0 Å². The molecule has 5 rings (SSSR count). The van der Waals surface area contributed by atoms with Gasteiger partial charge in [0.25, 0.3) is 5.56 Å². The van der Waals surface area contributed by atoms with Gasteiger partial charge in [-0.1, -0.05) is 30.3 Å². The molecule has 0 radical (unpaired) electrons. The van der Waals surface area contributed by atoms with Gasteiger partial charge in [0.15, 0.2) is 0 Å². The zero-order chi connectivity index (χ0) is 14.9. The average molecular weight is 370 g/mol. The third kappa shape index (κ3) is 3.88. The van der Waals surface area contributed by atoms with Crippen LogP contribution in [0.3, 0.4) is 0 Å². The van der Waals surface area contributed by atoms with Crippen molar-refractivity contribution < 1.29 is 0 Å². The van der Waals surface area contributed by atoms with Crippen molar-refractivity contribution in [2.45, 2.75) is 38.3 Å². The number of nitrogens with one attached hydrogen (secondary N) is 1. The summed E-state index contributed by atoms with van der Waals surface area (Å²) in [7, 11) is 0. The van der Waals surface area contributed by atoms with Gasteiger partial charge < -0.3 is 0 Å². The van der Waals surface area contributed by atoms with Crippen molar-refractivity contribution in [3.8, 4) is 11.1 Å². The van der Waals surface area contributed by atoms with E-state index in [0.717, 1.165) is 36.2 Å². The van der Waals surface area contributed by atoms with Gasteiger partial charge in [0.2, 0.25) is 0 Å². The fourth-order valence-corrected chi connectivity index (χ4v) is 4.06. The molecule has 0 spiro atoms. The van der Waals surface area contributed by atoms with Gasteiger partial charge in [-0.15, -0.1) is 24.8 Å². The summed E-state index contributed by atoms with van der Waals surface area (Å²) in [6.45, 7) is 3.16. The van der Waals surface area contributed by atoms with E-state index in [1.165, 1.54) is 32.2 Å². The minimum Gasteiger partial charge on any atom is -0.298 e. The first-order chi connectivity index (χ1) is 10.8. The molecule has 6 heteroatoms. The second-order valence-electron chi connectivity index (χ2n) is 6.71. The number of hydrogen-bond donors (Lipinski definition) is 1. The average Bonchev–Trinajstić information content (AvgIpc) is 2.96. The van der Waals surface area contributed by atoms with Crippen LogP contribution in [-0.2, 0) is 6.54 Å². The van der Waals surface area contributed by atoms with Crippen LogP contribution in [0.2, 0.25) is 0 Å². The van der Waals surface area contributed by atoms with Crippen LogP contribution in [0, 0.1) is 5.92 Å². The Bertz CT molecular complexity index is 690. The van der Waals surface area contributed by atoms with E-state index < -0.39 is 0 Å². The molecule has 1 N–H and O–H groups in total. The van der Waals surface area contributed by atoms with Crippen molar-refractivity contribution in [2.75, 3.05) is 13.1 Å². The van der Waals surface area contributed by atoms with Crippen LogP contribution in [0.5, 0.6) is 0 Å². The number of hydrogen-bond acceptors (Lipinski definition) is 2. The summed E-state index contributed by atoms with van der Waals surface area (Å²) in [4.78, 5) is 14.8. The Morgan fingerprint density at radius 1 is 1.00 bits per heavy atom. The zero-order valence-corrected chi connectivity index (χ0v) is 15.3. The number of rotatable bonds is 4. The van der Waals surface area contributed by atoms with Gasteiger partial charge in [-0.25, -0.2) is 0 Å². The van der Waals surface area contributed by atoms with Crippen LogP contribution >= 0.6 is 24.8 Å². The van der Waals surface area contributed by atoms with Crippen molar-refractivity contribution in [3.63, 3.8) is 0 Å². The lowest BCUT2D eigenvalue weighted by Gasteiger charge is -2.45. The molecule has 2 aromatic rings. The number of fused-ring (bicyclic) bond motifs is 3. The maximum absolute atomic E-state index is 12.1. The standard InChI is InChI=1S/C18H23N3O.2ClH/c22-18-17(15-4-2-1-3-5-15)13-21(19-18)11-10-20-12-14-6-8-16(20)9-7-14;;/h1-5,13-14,16H,6-12H2,(H,19,22);2*1H. The van der Waals surface area contributed by atoms with E-state index in [0.29, 0.717) is 0 Å².